The highest BCUT2D eigenvalue weighted by Gasteiger charge is 2.43. The zero-order chi connectivity index (χ0) is 23.8. The highest BCUT2D eigenvalue weighted by Crippen LogP contribution is 2.44. The van der Waals surface area contributed by atoms with E-state index >= 15 is 0 Å². The number of aliphatic carboxylic acids is 1. The first-order chi connectivity index (χ1) is 16.4. The number of nitrogens with zero attached hydrogens (tertiary/aromatic N) is 1. The van der Waals surface area contributed by atoms with Crippen LogP contribution in [0.1, 0.15) is 49.7 Å². The van der Waals surface area contributed by atoms with Crippen LogP contribution in [0.15, 0.2) is 48.5 Å². The summed E-state index contributed by atoms with van der Waals surface area (Å²) in [5, 5.41) is 12.2. The van der Waals surface area contributed by atoms with Crippen LogP contribution in [0.5, 0.6) is 0 Å². The third kappa shape index (κ3) is 4.27. The standard InChI is InChI=1S/C27H30N2O5/c1-16-10-11-18(26(31)32)14-29(16)25(30)24(17-12-13-17)28-27(33)34-15-23-21-8-4-2-6-19(21)20-7-3-5-9-22(20)23/h2-9,16-18,23-24H,10-15H2,1H3,(H,28,33)(H,31,32). The molecule has 2 aromatic carbocycles. The predicted octanol–water partition coefficient (Wildman–Crippen LogP) is 4.02. The average molecular weight is 463 g/mol. The van der Waals surface area contributed by atoms with Crippen molar-refractivity contribution in [2.75, 3.05) is 13.2 Å². The Morgan fingerprint density at radius 2 is 1.62 bits per heavy atom. The minimum Gasteiger partial charge on any atom is -0.481 e. The van der Waals surface area contributed by atoms with Crippen LogP contribution in [0, 0.1) is 11.8 Å². The molecule has 1 aliphatic heterocycles. The molecular weight excluding hydrogens is 432 g/mol. The lowest BCUT2D eigenvalue weighted by molar-refractivity contribution is -0.148. The van der Waals surface area contributed by atoms with Crippen molar-refractivity contribution in [1.29, 1.82) is 0 Å². The van der Waals surface area contributed by atoms with Crippen molar-refractivity contribution < 1.29 is 24.2 Å². The number of fused-ring (bicyclic) bond motifs is 3. The first kappa shape index (κ1) is 22.4. The maximum absolute atomic E-state index is 13.3. The summed E-state index contributed by atoms with van der Waals surface area (Å²) >= 11 is 0. The third-order valence-electron chi connectivity index (χ3n) is 7.49. The molecule has 1 saturated heterocycles. The summed E-state index contributed by atoms with van der Waals surface area (Å²) in [5.41, 5.74) is 4.58. The fourth-order valence-corrected chi connectivity index (χ4v) is 5.37. The molecule has 0 aromatic heterocycles. The molecule has 2 aromatic rings. The minimum absolute atomic E-state index is 0.0475. The molecule has 0 bridgehead atoms. The first-order valence-electron chi connectivity index (χ1n) is 12.1. The van der Waals surface area contributed by atoms with E-state index in [0.29, 0.717) is 12.8 Å². The van der Waals surface area contributed by atoms with Crippen LogP contribution in [0.3, 0.4) is 0 Å². The molecule has 0 spiro atoms. The van der Waals surface area contributed by atoms with Gasteiger partial charge in [-0.15, -0.1) is 0 Å². The smallest absolute Gasteiger partial charge is 0.407 e. The van der Waals surface area contributed by atoms with E-state index < -0.39 is 24.0 Å². The van der Waals surface area contributed by atoms with Gasteiger partial charge in [-0.05, 0) is 60.8 Å². The number of carbonyl (C=O) groups excluding carboxylic acids is 2. The Morgan fingerprint density at radius 1 is 1.00 bits per heavy atom. The topological polar surface area (TPSA) is 95.9 Å². The number of carboxylic acid groups (broad SMARTS) is 1. The predicted molar refractivity (Wildman–Crippen MR) is 126 cm³/mol. The second-order valence-corrected chi connectivity index (χ2v) is 9.74. The van der Waals surface area contributed by atoms with E-state index in [2.05, 4.69) is 29.6 Å². The summed E-state index contributed by atoms with van der Waals surface area (Å²) < 4.78 is 5.66. The molecule has 34 heavy (non-hydrogen) atoms. The summed E-state index contributed by atoms with van der Waals surface area (Å²) in [5.74, 6) is -1.61. The number of piperidine rings is 1. The van der Waals surface area contributed by atoms with Gasteiger partial charge >= 0.3 is 12.1 Å². The number of likely N-dealkylation sites (tertiary alicyclic amines) is 1. The summed E-state index contributed by atoms with van der Waals surface area (Å²) in [7, 11) is 0. The molecule has 7 heteroatoms. The number of carbonyl (C=O) groups is 3. The van der Waals surface area contributed by atoms with Gasteiger partial charge in [-0.2, -0.15) is 0 Å². The van der Waals surface area contributed by atoms with Gasteiger partial charge in [-0.25, -0.2) is 4.79 Å². The van der Waals surface area contributed by atoms with Crippen molar-refractivity contribution in [3.05, 3.63) is 59.7 Å². The van der Waals surface area contributed by atoms with Crippen molar-refractivity contribution in [2.24, 2.45) is 11.8 Å². The third-order valence-corrected chi connectivity index (χ3v) is 7.49. The SMILES string of the molecule is CC1CCC(C(=O)O)CN1C(=O)C(NC(=O)OCC1c2ccccc2-c2ccccc21)C1CC1. The van der Waals surface area contributed by atoms with E-state index in [0.717, 1.165) is 35.1 Å². The number of rotatable bonds is 6. The lowest BCUT2D eigenvalue weighted by Gasteiger charge is -2.38. The van der Waals surface area contributed by atoms with Gasteiger partial charge < -0.3 is 20.1 Å². The number of alkyl carbamates (subject to hydrolysis) is 1. The molecule has 3 aliphatic rings. The lowest BCUT2D eigenvalue weighted by Crippen LogP contribution is -2.55. The second-order valence-electron chi connectivity index (χ2n) is 9.74. The summed E-state index contributed by atoms with van der Waals surface area (Å²) in [6.45, 7) is 2.31. The number of ether oxygens (including phenoxy) is 1. The van der Waals surface area contributed by atoms with Gasteiger partial charge in [-0.3, -0.25) is 9.59 Å². The Bertz CT molecular complexity index is 1070. The Kier molecular flexibility index (Phi) is 6.02. The highest BCUT2D eigenvalue weighted by atomic mass is 16.5. The minimum atomic E-state index is -0.878. The maximum Gasteiger partial charge on any atom is 0.407 e. The quantitative estimate of drug-likeness (QED) is 0.676. The molecule has 2 amide bonds. The highest BCUT2D eigenvalue weighted by molar-refractivity contribution is 5.87. The monoisotopic (exact) mass is 462 g/mol. The molecule has 2 fully saturated rings. The maximum atomic E-state index is 13.3. The molecule has 0 radical (unpaired) electrons. The number of carboxylic acids is 1. The zero-order valence-corrected chi connectivity index (χ0v) is 19.3. The number of hydrogen-bond donors (Lipinski definition) is 2. The molecule has 5 rings (SSSR count). The fraction of sp³-hybridized carbons (Fsp3) is 0.444. The molecular formula is C27H30N2O5. The number of hydrogen-bond acceptors (Lipinski definition) is 4. The molecule has 1 saturated carbocycles. The Balaban J connectivity index is 1.25. The fourth-order valence-electron chi connectivity index (χ4n) is 5.37. The van der Waals surface area contributed by atoms with E-state index in [1.165, 1.54) is 0 Å². The molecule has 2 N–H and O–H groups in total. The van der Waals surface area contributed by atoms with Crippen LogP contribution >= 0.6 is 0 Å². The van der Waals surface area contributed by atoms with Crippen molar-refractivity contribution in [2.45, 2.75) is 50.6 Å². The normalized spacial score (nSPS) is 22.4. The molecule has 3 unspecified atom stereocenters. The van der Waals surface area contributed by atoms with Gasteiger partial charge in [0.1, 0.15) is 12.6 Å². The van der Waals surface area contributed by atoms with Crippen LogP contribution in [-0.4, -0.2) is 53.2 Å². The van der Waals surface area contributed by atoms with Crippen LogP contribution in [-0.2, 0) is 14.3 Å². The van der Waals surface area contributed by atoms with Crippen LogP contribution in [0.25, 0.3) is 11.1 Å². The largest absolute Gasteiger partial charge is 0.481 e. The lowest BCUT2D eigenvalue weighted by atomic mass is 9.92. The van der Waals surface area contributed by atoms with E-state index in [-0.39, 0.29) is 36.9 Å². The Morgan fingerprint density at radius 3 is 2.21 bits per heavy atom. The van der Waals surface area contributed by atoms with E-state index in [4.69, 9.17) is 4.74 Å². The second kappa shape index (κ2) is 9.12. The Hall–Kier alpha value is -3.35. The van der Waals surface area contributed by atoms with E-state index in [9.17, 15) is 19.5 Å². The Labute approximate surface area is 199 Å². The molecule has 2 aliphatic carbocycles. The average Bonchev–Trinajstić information content (AvgIpc) is 3.63. The summed E-state index contributed by atoms with van der Waals surface area (Å²) in [6, 6.07) is 15.6. The van der Waals surface area contributed by atoms with Crippen molar-refractivity contribution >= 4 is 18.0 Å². The van der Waals surface area contributed by atoms with Gasteiger partial charge in [0.05, 0.1) is 5.92 Å². The van der Waals surface area contributed by atoms with Crippen LogP contribution in [0.4, 0.5) is 4.79 Å². The zero-order valence-electron chi connectivity index (χ0n) is 19.3. The summed E-state index contributed by atoms with van der Waals surface area (Å²) in [6.07, 6.45) is 2.33. The molecule has 3 atom stereocenters. The molecule has 7 nitrogen and oxygen atoms in total. The van der Waals surface area contributed by atoms with E-state index in [1.54, 1.807) is 4.90 Å². The number of benzene rings is 2. The number of amides is 2. The molecule has 1 heterocycles. The van der Waals surface area contributed by atoms with Crippen molar-refractivity contribution in [3.8, 4) is 11.1 Å². The first-order valence-corrected chi connectivity index (χ1v) is 12.1. The van der Waals surface area contributed by atoms with Crippen LogP contribution in [0.2, 0.25) is 0 Å². The van der Waals surface area contributed by atoms with Gasteiger partial charge in [0, 0.05) is 18.5 Å². The van der Waals surface area contributed by atoms with Crippen LogP contribution < -0.4 is 5.32 Å². The molecule has 178 valence electrons. The van der Waals surface area contributed by atoms with Gasteiger partial charge in [0.2, 0.25) is 5.91 Å². The van der Waals surface area contributed by atoms with Gasteiger partial charge in [0.25, 0.3) is 0 Å². The van der Waals surface area contributed by atoms with Gasteiger partial charge in [-0.1, -0.05) is 48.5 Å². The van der Waals surface area contributed by atoms with Crippen molar-refractivity contribution in [3.63, 3.8) is 0 Å². The van der Waals surface area contributed by atoms with Gasteiger partial charge in [0.15, 0.2) is 0 Å². The van der Waals surface area contributed by atoms with E-state index in [1.807, 2.05) is 31.2 Å². The summed E-state index contributed by atoms with van der Waals surface area (Å²) in [4.78, 5) is 39.3. The van der Waals surface area contributed by atoms with Crippen molar-refractivity contribution in [1.82, 2.24) is 10.2 Å². The number of nitrogens with one attached hydrogen (secondary N) is 1.